The van der Waals surface area contributed by atoms with Gasteiger partial charge in [0, 0.05) is 44.4 Å². The number of nitrogens with one attached hydrogen (secondary N) is 5. The van der Waals surface area contributed by atoms with E-state index in [2.05, 4.69) is 46.5 Å². The topological polar surface area (TPSA) is 417 Å². The van der Waals surface area contributed by atoms with Gasteiger partial charge in [0.05, 0.1) is 41.3 Å². The van der Waals surface area contributed by atoms with Crippen molar-refractivity contribution < 1.29 is 77.4 Å². The highest BCUT2D eigenvalue weighted by molar-refractivity contribution is 7.15. The molecule has 7 aromatic rings. The van der Waals surface area contributed by atoms with Crippen LogP contribution < -0.4 is 32.3 Å². The average molecular weight is 1290 g/mol. The largest absolute Gasteiger partial charge is 0.490 e. The summed E-state index contributed by atoms with van der Waals surface area (Å²) < 4.78 is 31.7. The fourth-order valence-electron chi connectivity index (χ4n) is 6.82. The van der Waals surface area contributed by atoms with E-state index in [1.165, 1.54) is 95.4 Å². The van der Waals surface area contributed by atoms with E-state index in [9.17, 15) is 67.5 Å². The molecule has 0 aromatic carbocycles. The molecule has 26 nitrogen and oxygen atoms in total. The molecule has 85 heavy (non-hydrogen) atoms. The van der Waals surface area contributed by atoms with Crippen LogP contribution >= 0.6 is 68.0 Å². The number of nitrogens with two attached hydrogens (primary N) is 1. The molecule has 35 heteroatoms. The Morgan fingerprint density at radius 3 is 1.79 bits per heavy atom. The van der Waals surface area contributed by atoms with E-state index in [0.29, 0.717) is 48.4 Å². The predicted octanol–water partition coefficient (Wildman–Crippen LogP) is 5.23. The molecule has 452 valence electrons. The first-order valence-electron chi connectivity index (χ1n) is 24.6. The van der Waals surface area contributed by atoms with Gasteiger partial charge < -0.3 is 63.0 Å². The maximum atomic E-state index is 13.8. The summed E-state index contributed by atoms with van der Waals surface area (Å²) >= 11 is 6.71. The van der Waals surface area contributed by atoms with Crippen molar-refractivity contribution in [3.63, 3.8) is 0 Å². The van der Waals surface area contributed by atoms with Gasteiger partial charge in [-0.05, 0) is 60.6 Å². The van der Waals surface area contributed by atoms with Gasteiger partial charge in [0.2, 0.25) is 5.91 Å². The molecule has 6 atom stereocenters. The smallest absolute Gasteiger partial charge is 0.476 e. The number of amides is 5. The molecule has 0 radical (unpaired) electrons. The third-order valence-electron chi connectivity index (χ3n) is 11.2. The molecule has 0 saturated carbocycles. The first-order chi connectivity index (χ1) is 39.9. The van der Waals surface area contributed by atoms with E-state index in [-0.39, 0.29) is 50.7 Å². The van der Waals surface area contributed by atoms with Gasteiger partial charge in [-0.25, -0.2) is 44.5 Å². The number of hydrogen-bond donors (Lipinski definition) is 12. The van der Waals surface area contributed by atoms with E-state index in [0.717, 1.165) is 34.0 Å². The molecule has 0 bridgehead atoms. The number of rotatable bonds is 22. The number of aliphatic hydroxyl groups is 4. The predicted molar refractivity (Wildman–Crippen MR) is 309 cm³/mol. The van der Waals surface area contributed by atoms with Gasteiger partial charge in [-0.2, -0.15) is 13.2 Å². The molecule has 0 fully saturated rings. The highest BCUT2D eigenvalue weighted by atomic mass is 32.1. The lowest BCUT2D eigenvalue weighted by molar-refractivity contribution is -0.192. The Hall–Kier alpha value is -7.71. The fraction of sp³-hybridized carbons (Fsp3) is 0.320. The van der Waals surface area contributed by atoms with Crippen molar-refractivity contribution in [3.8, 4) is 43.4 Å². The van der Waals surface area contributed by atoms with Crippen LogP contribution in [-0.4, -0.2) is 150 Å². The van der Waals surface area contributed by atoms with Crippen molar-refractivity contribution in [1.82, 2.24) is 61.5 Å². The SMILES string of the molecule is C/C=C(\NC(=O)c1csc(-c2csc(-c3ccc(-c4nc(C(=O)N[C@H](C(=O)N/C(=C\C)c5nc(C(=O)N[C@H](c6nc(C(=O)O)cs6)C(C)(C)O)cs5)[C@@H](C)O)cs4)c(-c4csc([C@@H](N)[C@@H](C)O)n4)n3)n2)n1)C(=O)NC[C@@H](C)O.O=C(O)C(F)(F)F. The van der Waals surface area contributed by atoms with E-state index in [1.807, 2.05) is 0 Å². The van der Waals surface area contributed by atoms with Crippen LogP contribution in [0.1, 0.15) is 118 Å². The van der Waals surface area contributed by atoms with Crippen LogP contribution in [0.4, 0.5) is 13.2 Å². The third kappa shape index (κ3) is 17.2. The minimum Gasteiger partial charge on any atom is -0.476 e. The number of carbonyl (C=O) groups excluding carboxylic acids is 5. The maximum absolute atomic E-state index is 13.8. The van der Waals surface area contributed by atoms with Gasteiger partial charge in [0.15, 0.2) is 5.69 Å². The van der Waals surface area contributed by atoms with E-state index in [1.54, 1.807) is 43.7 Å². The molecule has 0 aliphatic heterocycles. The van der Waals surface area contributed by atoms with Crippen LogP contribution in [-0.2, 0) is 14.4 Å². The fourth-order valence-corrected chi connectivity index (χ4v) is 12.0. The second-order valence-corrected chi connectivity index (χ2v) is 23.6. The number of nitrogens with zero attached hydrogens (tertiary/aromatic N) is 7. The summed E-state index contributed by atoms with van der Waals surface area (Å²) in [5, 5.41) is 82.0. The first kappa shape index (κ1) is 66.4. The lowest BCUT2D eigenvalue weighted by Gasteiger charge is -2.28. The Balaban J connectivity index is 0.00000155. The van der Waals surface area contributed by atoms with Gasteiger partial charge in [-0.15, -0.1) is 68.0 Å². The summed E-state index contributed by atoms with van der Waals surface area (Å²) in [5.41, 5.74) is 6.54. The summed E-state index contributed by atoms with van der Waals surface area (Å²) in [5.74, 6) is -7.55. The van der Waals surface area contributed by atoms with Gasteiger partial charge in [0.1, 0.15) is 82.0 Å². The van der Waals surface area contributed by atoms with Crippen molar-refractivity contribution in [1.29, 1.82) is 0 Å². The van der Waals surface area contributed by atoms with Crippen LogP contribution in [0.15, 0.2) is 62.3 Å². The lowest BCUT2D eigenvalue weighted by Crippen LogP contribution is -2.52. The van der Waals surface area contributed by atoms with Gasteiger partial charge in [0.25, 0.3) is 23.6 Å². The summed E-state index contributed by atoms with van der Waals surface area (Å²) in [4.78, 5) is 119. The lowest BCUT2D eigenvalue weighted by atomic mass is 9.99. The number of aromatic carboxylic acids is 1. The second-order valence-electron chi connectivity index (χ2n) is 18.4. The van der Waals surface area contributed by atoms with Gasteiger partial charge >= 0.3 is 18.1 Å². The number of allylic oxidation sites excluding steroid dienone is 2. The van der Waals surface area contributed by atoms with Crippen LogP contribution in [0.3, 0.4) is 0 Å². The van der Waals surface area contributed by atoms with Crippen LogP contribution in [0.5, 0.6) is 0 Å². The monoisotopic (exact) mass is 1290 g/mol. The Kier molecular flexibility index (Phi) is 22.2. The van der Waals surface area contributed by atoms with Crippen molar-refractivity contribution in [3.05, 3.63) is 100 Å². The maximum Gasteiger partial charge on any atom is 0.490 e. The molecular formula is C50H52F3N13O13S6. The summed E-state index contributed by atoms with van der Waals surface area (Å²) in [6, 6.07) is 0.0335. The highest BCUT2D eigenvalue weighted by Crippen LogP contribution is 2.38. The van der Waals surface area contributed by atoms with E-state index >= 15 is 0 Å². The minimum absolute atomic E-state index is 0.000949. The minimum atomic E-state index is -5.08. The summed E-state index contributed by atoms with van der Waals surface area (Å²) in [6.07, 6.45) is -5.24. The molecule has 7 heterocycles. The normalized spacial score (nSPS) is 14.2. The first-order valence-corrected chi connectivity index (χ1v) is 29.8. The number of halogens is 3. The Labute approximate surface area is 503 Å². The van der Waals surface area contributed by atoms with Crippen molar-refractivity contribution in [2.75, 3.05) is 6.54 Å². The molecule has 7 rings (SSSR count). The number of alkyl halides is 3. The van der Waals surface area contributed by atoms with Crippen molar-refractivity contribution in [2.45, 2.75) is 96.7 Å². The zero-order chi connectivity index (χ0) is 62.8. The van der Waals surface area contributed by atoms with Gasteiger partial charge in [-0.1, -0.05) is 12.2 Å². The van der Waals surface area contributed by atoms with Crippen molar-refractivity contribution in [2.24, 2.45) is 5.73 Å². The Morgan fingerprint density at radius 1 is 0.635 bits per heavy atom. The van der Waals surface area contributed by atoms with Crippen LogP contribution in [0.25, 0.3) is 49.1 Å². The molecule has 13 N–H and O–H groups in total. The molecule has 0 aliphatic carbocycles. The molecule has 0 unspecified atom stereocenters. The van der Waals surface area contributed by atoms with Crippen LogP contribution in [0.2, 0.25) is 0 Å². The molecule has 0 aliphatic rings. The third-order valence-corrected chi connectivity index (χ3v) is 16.6. The Bertz CT molecular complexity index is 3650. The summed E-state index contributed by atoms with van der Waals surface area (Å²) in [6.45, 7) is 10.4. The van der Waals surface area contributed by atoms with Gasteiger partial charge in [-0.3, -0.25) is 24.0 Å². The number of carboxylic acids is 2. The molecule has 7 aromatic heterocycles. The molecular weight excluding hydrogens is 1240 g/mol. The highest BCUT2D eigenvalue weighted by Gasteiger charge is 2.38. The number of aromatic nitrogens is 7. The van der Waals surface area contributed by atoms with E-state index in [4.69, 9.17) is 30.6 Å². The molecule has 5 amide bonds. The zero-order valence-corrected chi connectivity index (χ0v) is 50.2. The Morgan fingerprint density at radius 2 is 1.20 bits per heavy atom. The molecule has 0 spiro atoms. The number of carbonyl (C=O) groups is 7. The van der Waals surface area contributed by atoms with E-state index < -0.39 is 89.7 Å². The number of aliphatic carboxylic acids is 1. The second kappa shape index (κ2) is 28.5. The number of pyridine rings is 1. The molecule has 0 saturated heterocycles. The standard InChI is InChI=1S/C48H51N13O11S6.C2HF3O2/c1-8-23(36(65)50-12-19(3)62)52-37(66)27-15-75-44(57-27)30-17-76-43(58-30)25-11-10-22(34(51-25)26-13-77-45(54-26)32(49)20(4)63)41-55-28(14-73-41)38(67)60-33(21(5)64)40(69)53-24(9-2)42-56-29(16-74-42)39(68)61-35(48(6,7)72)46-59-31(18-78-46)47(70)71;3-2(4,5)1(6)7/h8-11,13-21,32-33,35,62-64,72H,12,49H2,1-7H3,(H,50,65)(H,52,66)(H,53,69)(H,60,67)(H,61,68)(H,70,71);(H,6,7)/b23-8-,24-9-;/t19-,20-,21-,32+,33+,35-;/m1./s1. The van der Waals surface area contributed by atoms with Crippen molar-refractivity contribution >= 4 is 115 Å². The average Bonchev–Trinajstić information content (AvgIpc) is 3.62. The number of carboxylic acid groups (broad SMARTS) is 2. The quantitative estimate of drug-likeness (QED) is 0.0386. The number of thiazole rings is 6. The van der Waals surface area contributed by atoms with Crippen LogP contribution in [0, 0.1) is 0 Å². The zero-order valence-electron chi connectivity index (χ0n) is 45.3. The summed E-state index contributed by atoms with van der Waals surface area (Å²) in [7, 11) is 0. The number of aliphatic hydroxyl groups excluding tert-OH is 3. The number of hydrogen-bond acceptors (Lipinski definition) is 25.